The van der Waals surface area contributed by atoms with Crippen LogP contribution in [-0.4, -0.2) is 19.1 Å². The molecule has 84 valence electrons. The van der Waals surface area contributed by atoms with Crippen LogP contribution in [0.15, 0.2) is 0 Å². The lowest BCUT2D eigenvalue weighted by Crippen LogP contribution is -2.43. The summed E-state index contributed by atoms with van der Waals surface area (Å²) < 4.78 is 0. The number of nitrogens with two attached hydrogens (primary N) is 1. The molecule has 1 fully saturated rings. The van der Waals surface area contributed by atoms with Crippen molar-refractivity contribution in [2.45, 2.75) is 52.0 Å². The second-order valence-corrected chi connectivity index (χ2v) is 4.80. The van der Waals surface area contributed by atoms with E-state index in [1.54, 1.807) is 0 Å². The predicted molar refractivity (Wildman–Crippen MR) is 62.3 cm³/mol. The van der Waals surface area contributed by atoms with Crippen LogP contribution in [0.25, 0.3) is 0 Å². The highest BCUT2D eigenvalue weighted by atomic mass is 14.9. The number of piperidine rings is 1. The first-order chi connectivity index (χ1) is 6.77. The van der Waals surface area contributed by atoms with E-state index in [4.69, 9.17) is 5.73 Å². The molecular formula is C12H26N2. The van der Waals surface area contributed by atoms with E-state index in [1.807, 2.05) is 0 Å². The topological polar surface area (TPSA) is 38.0 Å². The van der Waals surface area contributed by atoms with Gasteiger partial charge in [-0.3, -0.25) is 0 Å². The molecule has 3 unspecified atom stereocenters. The summed E-state index contributed by atoms with van der Waals surface area (Å²) in [5, 5.41) is 3.62. The summed E-state index contributed by atoms with van der Waals surface area (Å²) in [7, 11) is 0. The van der Waals surface area contributed by atoms with Crippen LogP contribution in [-0.2, 0) is 0 Å². The molecule has 0 aromatic rings. The van der Waals surface area contributed by atoms with Crippen LogP contribution >= 0.6 is 0 Å². The maximum atomic E-state index is 5.87. The molecule has 0 aromatic carbocycles. The standard InChI is InChI=1S/C12H26N2/c1-3-10(2)8-11(9-13)12-6-4-5-7-14-12/h10-12,14H,3-9,13H2,1-2H3. The van der Waals surface area contributed by atoms with E-state index in [0.29, 0.717) is 12.0 Å². The van der Waals surface area contributed by atoms with Gasteiger partial charge in [0, 0.05) is 6.04 Å². The lowest BCUT2D eigenvalue weighted by molar-refractivity contribution is 0.257. The van der Waals surface area contributed by atoms with Crippen LogP contribution in [0.2, 0.25) is 0 Å². The number of hydrogen-bond acceptors (Lipinski definition) is 2. The first kappa shape index (κ1) is 12.0. The molecule has 0 aliphatic carbocycles. The van der Waals surface area contributed by atoms with Crippen molar-refractivity contribution >= 4 is 0 Å². The number of hydrogen-bond donors (Lipinski definition) is 2. The molecular weight excluding hydrogens is 172 g/mol. The Labute approximate surface area is 88.6 Å². The Morgan fingerprint density at radius 2 is 2.21 bits per heavy atom. The van der Waals surface area contributed by atoms with Gasteiger partial charge in [0.15, 0.2) is 0 Å². The minimum atomic E-state index is 0.697. The molecule has 1 heterocycles. The Hall–Kier alpha value is -0.0800. The zero-order valence-corrected chi connectivity index (χ0v) is 9.76. The molecule has 0 saturated carbocycles. The van der Waals surface area contributed by atoms with Gasteiger partial charge in [-0.25, -0.2) is 0 Å². The molecule has 0 radical (unpaired) electrons. The molecule has 0 aromatic heterocycles. The first-order valence-corrected chi connectivity index (χ1v) is 6.21. The van der Waals surface area contributed by atoms with Gasteiger partial charge in [0.1, 0.15) is 0 Å². The fraction of sp³-hybridized carbons (Fsp3) is 1.00. The summed E-state index contributed by atoms with van der Waals surface area (Å²) in [4.78, 5) is 0. The van der Waals surface area contributed by atoms with Gasteiger partial charge in [-0.15, -0.1) is 0 Å². The SMILES string of the molecule is CCC(C)CC(CN)C1CCCCN1. The molecule has 0 bridgehead atoms. The van der Waals surface area contributed by atoms with Crippen LogP contribution in [0.4, 0.5) is 0 Å². The summed E-state index contributed by atoms with van der Waals surface area (Å²) in [6.07, 6.45) is 6.64. The van der Waals surface area contributed by atoms with E-state index in [0.717, 1.165) is 12.5 Å². The summed E-state index contributed by atoms with van der Waals surface area (Å²) in [5.74, 6) is 1.53. The summed E-state index contributed by atoms with van der Waals surface area (Å²) in [6.45, 7) is 6.65. The van der Waals surface area contributed by atoms with E-state index >= 15 is 0 Å². The maximum Gasteiger partial charge on any atom is 0.0107 e. The van der Waals surface area contributed by atoms with E-state index in [9.17, 15) is 0 Å². The lowest BCUT2D eigenvalue weighted by atomic mass is 9.85. The Kier molecular flexibility index (Phi) is 5.49. The average Bonchev–Trinajstić information content (AvgIpc) is 2.26. The van der Waals surface area contributed by atoms with Crippen LogP contribution in [0.3, 0.4) is 0 Å². The first-order valence-electron chi connectivity index (χ1n) is 6.21. The molecule has 0 spiro atoms. The van der Waals surface area contributed by atoms with Crippen molar-refractivity contribution in [3.8, 4) is 0 Å². The van der Waals surface area contributed by atoms with Gasteiger partial charge in [-0.05, 0) is 44.2 Å². The molecule has 0 amide bonds. The minimum Gasteiger partial charge on any atom is -0.330 e. The third-order valence-electron chi connectivity index (χ3n) is 3.62. The van der Waals surface area contributed by atoms with Gasteiger partial charge in [-0.2, -0.15) is 0 Å². The van der Waals surface area contributed by atoms with Crippen molar-refractivity contribution in [3.63, 3.8) is 0 Å². The Morgan fingerprint density at radius 1 is 1.43 bits per heavy atom. The minimum absolute atomic E-state index is 0.697. The third-order valence-corrected chi connectivity index (χ3v) is 3.62. The normalized spacial score (nSPS) is 27.2. The Morgan fingerprint density at radius 3 is 2.71 bits per heavy atom. The molecule has 3 N–H and O–H groups in total. The van der Waals surface area contributed by atoms with Gasteiger partial charge in [-0.1, -0.05) is 26.7 Å². The molecule has 1 aliphatic heterocycles. The van der Waals surface area contributed by atoms with Gasteiger partial charge in [0.05, 0.1) is 0 Å². The van der Waals surface area contributed by atoms with E-state index in [-0.39, 0.29) is 0 Å². The second kappa shape index (κ2) is 6.41. The molecule has 2 heteroatoms. The summed E-state index contributed by atoms with van der Waals surface area (Å²) in [6, 6.07) is 0.697. The van der Waals surface area contributed by atoms with Crippen molar-refractivity contribution in [2.24, 2.45) is 17.6 Å². The zero-order chi connectivity index (χ0) is 10.4. The van der Waals surface area contributed by atoms with Crippen molar-refractivity contribution in [2.75, 3.05) is 13.1 Å². The third kappa shape index (κ3) is 3.58. The highest BCUT2D eigenvalue weighted by Crippen LogP contribution is 2.22. The van der Waals surface area contributed by atoms with Gasteiger partial charge >= 0.3 is 0 Å². The maximum absolute atomic E-state index is 5.87. The monoisotopic (exact) mass is 198 g/mol. The Bertz CT molecular complexity index is 141. The summed E-state index contributed by atoms with van der Waals surface area (Å²) >= 11 is 0. The van der Waals surface area contributed by atoms with Crippen molar-refractivity contribution in [1.82, 2.24) is 5.32 Å². The summed E-state index contributed by atoms with van der Waals surface area (Å²) in [5.41, 5.74) is 5.87. The predicted octanol–water partition coefficient (Wildman–Crippen LogP) is 2.14. The molecule has 2 nitrogen and oxygen atoms in total. The van der Waals surface area contributed by atoms with Crippen LogP contribution < -0.4 is 11.1 Å². The largest absolute Gasteiger partial charge is 0.330 e. The van der Waals surface area contributed by atoms with Crippen LogP contribution in [0, 0.1) is 11.8 Å². The highest BCUT2D eigenvalue weighted by molar-refractivity contribution is 4.81. The second-order valence-electron chi connectivity index (χ2n) is 4.80. The molecule has 14 heavy (non-hydrogen) atoms. The van der Waals surface area contributed by atoms with Crippen LogP contribution in [0.1, 0.15) is 46.0 Å². The number of nitrogens with one attached hydrogen (secondary N) is 1. The van der Waals surface area contributed by atoms with Crippen molar-refractivity contribution in [1.29, 1.82) is 0 Å². The fourth-order valence-electron chi connectivity index (χ4n) is 2.39. The van der Waals surface area contributed by atoms with Crippen molar-refractivity contribution < 1.29 is 0 Å². The molecule has 1 rings (SSSR count). The smallest absolute Gasteiger partial charge is 0.0107 e. The van der Waals surface area contributed by atoms with Crippen LogP contribution in [0.5, 0.6) is 0 Å². The zero-order valence-electron chi connectivity index (χ0n) is 9.76. The number of rotatable bonds is 5. The molecule has 1 saturated heterocycles. The van der Waals surface area contributed by atoms with Crippen molar-refractivity contribution in [3.05, 3.63) is 0 Å². The molecule has 1 aliphatic rings. The molecule has 3 atom stereocenters. The van der Waals surface area contributed by atoms with Gasteiger partial charge in [0.2, 0.25) is 0 Å². The van der Waals surface area contributed by atoms with E-state index < -0.39 is 0 Å². The Balaban J connectivity index is 2.35. The van der Waals surface area contributed by atoms with Gasteiger partial charge in [0.25, 0.3) is 0 Å². The van der Waals surface area contributed by atoms with E-state index in [2.05, 4.69) is 19.2 Å². The van der Waals surface area contributed by atoms with E-state index in [1.165, 1.54) is 38.6 Å². The average molecular weight is 198 g/mol. The lowest BCUT2D eigenvalue weighted by Gasteiger charge is -2.32. The van der Waals surface area contributed by atoms with Gasteiger partial charge < -0.3 is 11.1 Å². The quantitative estimate of drug-likeness (QED) is 0.710. The fourth-order valence-corrected chi connectivity index (χ4v) is 2.39. The highest BCUT2D eigenvalue weighted by Gasteiger charge is 2.23.